The summed E-state index contributed by atoms with van der Waals surface area (Å²) in [6, 6.07) is 19.0. The summed E-state index contributed by atoms with van der Waals surface area (Å²) < 4.78 is 13.0. The van der Waals surface area contributed by atoms with E-state index in [4.69, 9.17) is 15.2 Å². The third-order valence-corrected chi connectivity index (χ3v) is 8.55. The number of β-lactam (4-membered cyclic amide) rings is 1. The van der Waals surface area contributed by atoms with Crippen LogP contribution in [-0.4, -0.2) is 66.7 Å². The van der Waals surface area contributed by atoms with Crippen LogP contribution in [-0.2, 0) is 26.1 Å². The minimum Gasteiger partial charge on any atom is -0.448 e. The number of amides is 1. The van der Waals surface area contributed by atoms with Crippen LogP contribution in [0.3, 0.4) is 0 Å². The third-order valence-electron chi connectivity index (χ3n) is 6.06. The lowest BCUT2D eigenvalue weighted by Gasteiger charge is -2.54. The van der Waals surface area contributed by atoms with Gasteiger partial charge in [0.25, 0.3) is 5.91 Å². The first kappa shape index (κ1) is 24.5. The van der Waals surface area contributed by atoms with Crippen molar-refractivity contribution in [1.82, 2.24) is 25.1 Å². The molecule has 1 unspecified atom stereocenters. The molecular formula is C24H24N6O4S2. The van der Waals surface area contributed by atoms with Crippen molar-refractivity contribution in [3.05, 3.63) is 83.1 Å². The smallest absolute Gasteiger partial charge is 0.356 e. The highest BCUT2D eigenvalue weighted by molar-refractivity contribution is 8.01. The first-order valence-electron chi connectivity index (χ1n) is 11.1. The maximum atomic E-state index is 13.8. The summed E-state index contributed by atoms with van der Waals surface area (Å²) >= 11 is 2.82. The minimum absolute atomic E-state index is 0.196. The number of nitrogens with zero attached hydrogens (tertiary/aromatic N) is 5. The fourth-order valence-electron chi connectivity index (χ4n) is 4.14. The van der Waals surface area contributed by atoms with E-state index in [1.807, 2.05) is 60.7 Å². The number of benzene rings is 2. The lowest BCUT2D eigenvalue weighted by Crippen LogP contribution is -2.78. The average molecular weight is 525 g/mol. The van der Waals surface area contributed by atoms with Gasteiger partial charge < -0.3 is 9.47 Å². The molecule has 0 bridgehead atoms. The van der Waals surface area contributed by atoms with Crippen molar-refractivity contribution < 1.29 is 19.1 Å². The molecule has 186 valence electrons. The van der Waals surface area contributed by atoms with E-state index < -0.39 is 29.1 Å². The van der Waals surface area contributed by atoms with Crippen molar-refractivity contribution in [1.29, 1.82) is 0 Å². The van der Waals surface area contributed by atoms with Crippen molar-refractivity contribution in [2.24, 2.45) is 12.8 Å². The number of esters is 1. The Morgan fingerprint density at radius 2 is 1.83 bits per heavy atom. The van der Waals surface area contributed by atoms with E-state index in [-0.39, 0.29) is 5.70 Å². The van der Waals surface area contributed by atoms with Gasteiger partial charge in [0.2, 0.25) is 10.9 Å². The molecule has 10 nitrogen and oxygen atoms in total. The molecule has 12 heteroatoms. The molecule has 3 heterocycles. The molecule has 1 saturated heterocycles. The van der Waals surface area contributed by atoms with Crippen molar-refractivity contribution in [2.75, 3.05) is 18.6 Å². The summed E-state index contributed by atoms with van der Waals surface area (Å²) in [4.78, 5) is 28.3. The van der Waals surface area contributed by atoms with Gasteiger partial charge in [-0.2, -0.15) is 0 Å². The summed E-state index contributed by atoms with van der Waals surface area (Å²) in [6.45, 7) is 0. The van der Waals surface area contributed by atoms with Gasteiger partial charge in [-0.1, -0.05) is 72.4 Å². The number of ether oxygens (including phenoxy) is 2. The number of thioether (sulfide) groups is 2. The zero-order valence-corrected chi connectivity index (χ0v) is 21.2. The van der Waals surface area contributed by atoms with Crippen LogP contribution in [0.4, 0.5) is 0 Å². The largest absolute Gasteiger partial charge is 0.448 e. The monoisotopic (exact) mass is 524 g/mol. The van der Waals surface area contributed by atoms with E-state index in [9.17, 15) is 9.59 Å². The molecule has 2 N–H and O–H groups in total. The van der Waals surface area contributed by atoms with Gasteiger partial charge in [0, 0.05) is 25.7 Å². The lowest BCUT2D eigenvalue weighted by molar-refractivity contribution is -0.183. The molecule has 0 saturated carbocycles. The number of hydrogen-bond donors (Lipinski definition) is 1. The number of aromatic nitrogens is 4. The van der Waals surface area contributed by atoms with Crippen LogP contribution in [0.2, 0.25) is 0 Å². The standard InChI is InChI=1S/C24H24N6O4S2/c1-29-23(26-27-28-29)36-14-17-13-35-22-24(25,33-2)21(32)30(22)18(17)20(31)34-19(15-9-5-3-6-10-15)16-11-7-4-8-12-16/h3-12,19,22H,13-14,25H2,1-2H3/t22-,24?/m1/s1. The van der Waals surface area contributed by atoms with Crippen LogP contribution < -0.4 is 5.73 Å². The van der Waals surface area contributed by atoms with Crippen molar-refractivity contribution in [3.8, 4) is 0 Å². The van der Waals surface area contributed by atoms with E-state index >= 15 is 0 Å². The molecule has 3 aromatic rings. The van der Waals surface area contributed by atoms with Gasteiger partial charge in [-0.15, -0.1) is 16.9 Å². The molecule has 1 amide bonds. The summed E-state index contributed by atoms with van der Waals surface area (Å²) in [5.74, 6) is -0.210. The molecule has 2 aliphatic rings. The van der Waals surface area contributed by atoms with E-state index in [1.165, 1.54) is 35.5 Å². The Hall–Kier alpha value is -3.19. The first-order valence-corrected chi connectivity index (χ1v) is 13.1. The predicted octanol–water partition coefficient (Wildman–Crippen LogP) is 2.11. The zero-order chi connectivity index (χ0) is 25.3. The number of tetrazole rings is 1. The van der Waals surface area contributed by atoms with Crippen LogP contribution in [0.1, 0.15) is 17.2 Å². The minimum atomic E-state index is -1.49. The highest BCUT2D eigenvalue weighted by Crippen LogP contribution is 2.46. The van der Waals surface area contributed by atoms with Crippen molar-refractivity contribution >= 4 is 35.4 Å². The fraction of sp³-hybridized carbons (Fsp3) is 0.292. The summed E-state index contributed by atoms with van der Waals surface area (Å²) in [5.41, 5.74) is 7.31. The second-order valence-corrected chi connectivity index (χ2v) is 10.3. The summed E-state index contributed by atoms with van der Waals surface area (Å²) in [6.07, 6.45) is -0.654. The van der Waals surface area contributed by atoms with Gasteiger partial charge in [-0.25, -0.2) is 9.48 Å². The normalized spacial score (nSPS) is 21.4. The SMILES string of the molecule is COC1(N)C(=O)N2C(C(=O)OC(c3ccccc3)c3ccccc3)=C(CSc3nnnn3C)CS[C@@H]21. The molecule has 1 aromatic heterocycles. The predicted molar refractivity (Wildman–Crippen MR) is 134 cm³/mol. The molecule has 36 heavy (non-hydrogen) atoms. The van der Waals surface area contributed by atoms with Crippen molar-refractivity contribution in [3.63, 3.8) is 0 Å². The number of carbonyl (C=O) groups excluding carboxylic acids is 2. The molecule has 5 rings (SSSR count). The Labute approximate surface area is 216 Å². The van der Waals surface area contributed by atoms with Gasteiger partial charge in [0.1, 0.15) is 11.1 Å². The number of rotatable bonds is 8. The number of nitrogens with two attached hydrogens (primary N) is 1. The van der Waals surface area contributed by atoms with E-state index in [1.54, 1.807) is 11.7 Å². The van der Waals surface area contributed by atoms with E-state index in [0.29, 0.717) is 16.7 Å². The molecule has 0 spiro atoms. The van der Waals surface area contributed by atoms with Gasteiger partial charge in [0.05, 0.1) is 0 Å². The van der Waals surface area contributed by atoms with Gasteiger partial charge in [0.15, 0.2) is 6.10 Å². The molecule has 1 fully saturated rings. The van der Waals surface area contributed by atoms with E-state index in [0.717, 1.165) is 16.7 Å². The highest BCUT2D eigenvalue weighted by Gasteiger charge is 2.63. The Balaban J connectivity index is 1.50. The Bertz CT molecular complexity index is 1260. The van der Waals surface area contributed by atoms with Crippen molar-refractivity contribution in [2.45, 2.75) is 22.4 Å². The molecule has 0 radical (unpaired) electrons. The van der Waals surface area contributed by atoms with Crippen LogP contribution in [0.5, 0.6) is 0 Å². The van der Waals surface area contributed by atoms with Gasteiger partial charge >= 0.3 is 5.97 Å². The number of carbonyl (C=O) groups is 2. The Morgan fingerprint density at radius 1 is 1.19 bits per heavy atom. The van der Waals surface area contributed by atoms with Crippen LogP contribution >= 0.6 is 23.5 Å². The fourth-order valence-corrected chi connectivity index (χ4v) is 6.53. The van der Waals surface area contributed by atoms with Gasteiger partial charge in [-0.05, 0) is 27.1 Å². The molecule has 2 aliphatic heterocycles. The first-order chi connectivity index (χ1) is 17.4. The number of aryl methyl sites for hydroxylation is 1. The Kier molecular flexibility index (Phi) is 6.84. The number of methoxy groups -OCH3 is 1. The third kappa shape index (κ3) is 4.30. The molecule has 2 aromatic carbocycles. The summed E-state index contributed by atoms with van der Waals surface area (Å²) in [5, 5.41) is 11.6. The maximum absolute atomic E-state index is 13.8. The molecule has 0 aliphatic carbocycles. The van der Waals surface area contributed by atoms with Crippen LogP contribution in [0.25, 0.3) is 0 Å². The highest BCUT2D eigenvalue weighted by atomic mass is 32.2. The maximum Gasteiger partial charge on any atom is 0.356 e. The topological polar surface area (TPSA) is 125 Å². The number of fused-ring (bicyclic) bond motifs is 1. The van der Waals surface area contributed by atoms with Crippen LogP contribution in [0, 0.1) is 0 Å². The Morgan fingerprint density at radius 3 is 2.39 bits per heavy atom. The molecule has 2 atom stereocenters. The summed E-state index contributed by atoms with van der Waals surface area (Å²) in [7, 11) is 3.13. The lowest BCUT2D eigenvalue weighted by atomic mass is 9.99. The van der Waals surface area contributed by atoms with Gasteiger partial charge in [-0.3, -0.25) is 15.4 Å². The zero-order valence-electron chi connectivity index (χ0n) is 19.6. The average Bonchev–Trinajstić information content (AvgIpc) is 3.34. The molecular weight excluding hydrogens is 500 g/mol. The van der Waals surface area contributed by atoms with Crippen LogP contribution in [0.15, 0.2) is 77.1 Å². The second kappa shape index (κ2) is 10.1. The second-order valence-electron chi connectivity index (χ2n) is 8.27. The number of hydrogen-bond acceptors (Lipinski definition) is 10. The quantitative estimate of drug-likeness (QED) is 0.203. The van der Waals surface area contributed by atoms with E-state index in [2.05, 4.69) is 15.5 Å².